The summed E-state index contributed by atoms with van der Waals surface area (Å²) in [5.41, 5.74) is 2.55. The van der Waals surface area contributed by atoms with Crippen LogP contribution in [0, 0.1) is 0 Å². The highest BCUT2D eigenvalue weighted by molar-refractivity contribution is 6.30. The van der Waals surface area contributed by atoms with Gasteiger partial charge in [0, 0.05) is 24.1 Å². The molecule has 0 fully saturated rings. The van der Waals surface area contributed by atoms with Crippen molar-refractivity contribution in [2.45, 2.75) is 12.1 Å². The zero-order valence-electron chi connectivity index (χ0n) is 18.6. The Labute approximate surface area is 206 Å². The summed E-state index contributed by atoms with van der Waals surface area (Å²) in [6.45, 7) is 0.352. The van der Waals surface area contributed by atoms with Gasteiger partial charge in [0.1, 0.15) is 0 Å². The molecule has 6 nitrogen and oxygen atoms in total. The fourth-order valence-electron chi connectivity index (χ4n) is 4.47. The van der Waals surface area contributed by atoms with E-state index in [0.717, 1.165) is 11.1 Å². The maximum Gasteiger partial charge on any atom is 0.329 e. The fourth-order valence-corrected chi connectivity index (χ4v) is 4.80. The standard InChI is InChI=1S/C26H22Cl2N4O2/c1-30-16-29-14-24(30)26(34,18-6-9-20(27)10-7-18)19-8-11-22-23(13-19)32(25(33)31(22)2)15-17-4-3-5-21(28)12-17/h3-14,16,34H,15H2,1-2H3. The lowest BCUT2D eigenvalue weighted by Gasteiger charge is -2.30. The van der Waals surface area contributed by atoms with Crippen LogP contribution in [0.2, 0.25) is 10.0 Å². The number of aliphatic hydroxyl groups is 1. The molecular weight excluding hydrogens is 471 g/mol. The van der Waals surface area contributed by atoms with Crippen molar-refractivity contribution < 1.29 is 5.11 Å². The van der Waals surface area contributed by atoms with Crippen molar-refractivity contribution in [3.8, 4) is 0 Å². The van der Waals surface area contributed by atoms with Crippen LogP contribution in [0.4, 0.5) is 0 Å². The molecule has 0 aliphatic carbocycles. The van der Waals surface area contributed by atoms with E-state index in [1.807, 2.05) is 43.4 Å². The van der Waals surface area contributed by atoms with Gasteiger partial charge in [0.2, 0.25) is 0 Å². The quantitative estimate of drug-likeness (QED) is 0.386. The van der Waals surface area contributed by atoms with Gasteiger partial charge in [0.05, 0.1) is 35.8 Å². The van der Waals surface area contributed by atoms with E-state index in [1.54, 1.807) is 63.6 Å². The summed E-state index contributed by atoms with van der Waals surface area (Å²) < 4.78 is 5.08. The van der Waals surface area contributed by atoms with Crippen LogP contribution in [0.1, 0.15) is 22.4 Å². The van der Waals surface area contributed by atoms with Gasteiger partial charge in [0.15, 0.2) is 5.60 Å². The van der Waals surface area contributed by atoms with Crippen molar-refractivity contribution in [2.24, 2.45) is 14.1 Å². The van der Waals surface area contributed by atoms with Crippen LogP contribution in [0.15, 0.2) is 84.0 Å². The topological polar surface area (TPSA) is 65.0 Å². The molecule has 0 amide bonds. The van der Waals surface area contributed by atoms with Crippen molar-refractivity contribution >= 4 is 34.2 Å². The second-order valence-electron chi connectivity index (χ2n) is 8.37. The van der Waals surface area contributed by atoms with E-state index >= 15 is 0 Å². The Balaban J connectivity index is 1.74. The number of aryl methyl sites for hydroxylation is 2. The molecule has 1 atom stereocenters. The van der Waals surface area contributed by atoms with E-state index in [9.17, 15) is 9.90 Å². The Kier molecular flexibility index (Phi) is 5.60. The largest absolute Gasteiger partial charge is 0.374 e. The van der Waals surface area contributed by atoms with Crippen LogP contribution < -0.4 is 5.69 Å². The Morgan fingerprint density at radius 1 is 0.912 bits per heavy atom. The molecule has 0 saturated carbocycles. The molecule has 5 rings (SSSR count). The summed E-state index contributed by atoms with van der Waals surface area (Å²) in [5, 5.41) is 13.4. The molecule has 8 heteroatoms. The monoisotopic (exact) mass is 492 g/mol. The van der Waals surface area contributed by atoms with Crippen molar-refractivity contribution in [3.63, 3.8) is 0 Å². The highest BCUT2D eigenvalue weighted by Crippen LogP contribution is 2.38. The summed E-state index contributed by atoms with van der Waals surface area (Å²) in [6, 6.07) is 20.1. The number of nitrogens with zero attached hydrogens (tertiary/aromatic N) is 4. The lowest BCUT2D eigenvalue weighted by atomic mass is 9.83. The molecule has 1 unspecified atom stereocenters. The first kappa shape index (κ1) is 22.5. The number of fused-ring (bicyclic) bond motifs is 1. The third kappa shape index (κ3) is 3.64. The average Bonchev–Trinajstić information content (AvgIpc) is 3.36. The van der Waals surface area contributed by atoms with E-state index in [2.05, 4.69) is 4.98 Å². The van der Waals surface area contributed by atoms with E-state index in [-0.39, 0.29) is 5.69 Å². The summed E-state index contributed by atoms with van der Waals surface area (Å²) in [6.07, 6.45) is 3.29. The first-order chi connectivity index (χ1) is 16.3. The number of halogens is 2. The maximum absolute atomic E-state index is 13.1. The SMILES string of the molecule is Cn1cncc1C(O)(c1ccc(Cl)cc1)c1ccc2c(c1)n(Cc1cccc(Cl)c1)c(=O)n2C. The molecule has 0 radical (unpaired) electrons. The Hall–Kier alpha value is -3.32. The molecule has 0 aliphatic heterocycles. The predicted octanol–water partition coefficient (Wildman–Crippen LogP) is 4.71. The minimum atomic E-state index is -1.52. The molecule has 0 aliphatic rings. The molecule has 3 aromatic carbocycles. The fraction of sp³-hybridized carbons (Fsp3) is 0.154. The van der Waals surface area contributed by atoms with Gasteiger partial charge >= 0.3 is 5.69 Å². The number of benzene rings is 3. The smallest absolute Gasteiger partial charge is 0.329 e. The van der Waals surface area contributed by atoms with E-state index < -0.39 is 5.60 Å². The molecule has 172 valence electrons. The van der Waals surface area contributed by atoms with Crippen molar-refractivity contribution in [1.29, 1.82) is 0 Å². The van der Waals surface area contributed by atoms with E-state index in [1.165, 1.54) is 0 Å². The highest BCUT2D eigenvalue weighted by atomic mass is 35.5. The second-order valence-corrected chi connectivity index (χ2v) is 9.24. The zero-order chi connectivity index (χ0) is 24.0. The first-order valence-electron chi connectivity index (χ1n) is 10.7. The molecule has 0 saturated heterocycles. The van der Waals surface area contributed by atoms with Gasteiger partial charge in [-0.25, -0.2) is 9.78 Å². The minimum absolute atomic E-state index is 0.150. The summed E-state index contributed by atoms with van der Waals surface area (Å²) in [4.78, 5) is 17.4. The van der Waals surface area contributed by atoms with Crippen LogP contribution in [-0.4, -0.2) is 23.8 Å². The van der Waals surface area contributed by atoms with Crippen molar-refractivity contribution in [3.05, 3.63) is 122 Å². The predicted molar refractivity (Wildman–Crippen MR) is 134 cm³/mol. The summed E-state index contributed by atoms with van der Waals surface area (Å²) in [5.74, 6) is 0. The number of hydrogen-bond donors (Lipinski definition) is 1. The van der Waals surface area contributed by atoms with Crippen LogP contribution in [-0.2, 0) is 26.2 Å². The normalized spacial score (nSPS) is 13.3. The molecule has 34 heavy (non-hydrogen) atoms. The van der Waals surface area contributed by atoms with Crippen molar-refractivity contribution in [1.82, 2.24) is 18.7 Å². The molecule has 2 aromatic heterocycles. The molecule has 2 heterocycles. The van der Waals surface area contributed by atoms with Gasteiger partial charge in [-0.2, -0.15) is 0 Å². The molecule has 0 bridgehead atoms. The third-order valence-electron chi connectivity index (χ3n) is 6.24. The third-order valence-corrected chi connectivity index (χ3v) is 6.73. The summed E-state index contributed by atoms with van der Waals surface area (Å²) >= 11 is 12.3. The van der Waals surface area contributed by atoms with Gasteiger partial charge in [-0.15, -0.1) is 0 Å². The maximum atomic E-state index is 13.1. The molecule has 5 aromatic rings. The zero-order valence-corrected chi connectivity index (χ0v) is 20.1. The summed E-state index contributed by atoms with van der Waals surface area (Å²) in [7, 11) is 3.57. The lowest BCUT2D eigenvalue weighted by molar-refractivity contribution is 0.117. The lowest BCUT2D eigenvalue weighted by Crippen LogP contribution is -2.31. The minimum Gasteiger partial charge on any atom is -0.374 e. The van der Waals surface area contributed by atoms with Crippen LogP contribution >= 0.6 is 23.2 Å². The van der Waals surface area contributed by atoms with Crippen LogP contribution in [0.25, 0.3) is 11.0 Å². The Morgan fingerprint density at radius 2 is 1.65 bits per heavy atom. The Morgan fingerprint density at radius 3 is 2.32 bits per heavy atom. The van der Waals surface area contributed by atoms with Gasteiger partial charge in [-0.1, -0.05) is 53.5 Å². The van der Waals surface area contributed by atoms with E-state index in [0.29, 0.717) is 38.9 Å². The first-order valence-corrected chi connectivity index (χ1v) is 11.4. The number of hydrogen-bond acceptors (Lipinski definition) is 3. The molecule has 1 N–H and O–H groups in total. The Bertz CT molecular complexity index is 1570. The van der Waals surface area contributed by atoms with E-state index in [4.69, 9.17) is 23.2 Å². The van der Waals surface area contributed by atoms with Crippen LogP contribution in [0.3, 0.4) is 0 Å². The van der Waals surface area contributed by atoms with Gasteiger partial charge < -0.3 is 9.67 Å². The van der Waals surface area contributed by atoms with Crippen molar-refractivity contribution in [2.75, 3.05) is 0 Å². The molecular formula is C26H22Cl2N4O2. The number of imidazole rings is 2. The second kappa shape index (κ2) is 8.47. The molecule has 0 spiro atoms. The number of rotatable bonds is 5. The average molecular weight is 493 g/mol. The van der Waals surface area contributed by atoms with Gasteiger partial charge in [-0.3, -0.25) is 9.13 Å². The van der Waals surface area contributed by atoms with Crippen LogP contribution in [0.5, 0.6) is 0 Å². The number of aromatic nitrogens is 4. The van der Waals surface area contributed by atoms with Gasteiger partial charge in [-0.05, 0) is 53.1 Å². The van der Waals surface area contributed by atoms with Gasteiger partial charge in [0.25, 0.3) is 0 Å². The highest BCUT2D eigenvalue weighted by Gasteiger charge is 2.37.